The van der Waals surface area contributed by atoms with E-state index < -0.39 is 31.0 Å². The molecule has 1 aliphatic heterocycles. The van der Waals surface area contributed by atoms with Crippen LogP contribution < -0.4 is 0 Å². The van der Waals surface area contributed by atoms with E-state index in [1.54, 1.807) is 12.1 Å². The Labute approximate surface area is 147 Å². The van der Waals surface area contributed by atoms with E-state index in [4.69, 9.17) is 5.26 Å². The van der Waals surface area contributed by atoms with Gasteiger partial charge in [-0.2, -0.15) is 9.57 Å². The molecule has 1 atom stereocenters. The second kappa shape index (κ2) is 7.11. The highest BCUT2D eigenvalue weighted by atomic mass is 32.2. The zero-order valence-electron chi connectivity index (χ0n) is 13.9. The van der Waals surface area contributed by atoms with Crippen molar-refractivity contribution in [3.8, 4) is 6.07 Å². The average Bonchev–Trinajstić information content (AvgIpc) is 2.59. The van der Waals surface area contributed by atoms with Crippen LogP contribution in [0, 0.1) is 11.3 Å². The van der Waals surface area contributed by atoms with Gasteiger partial charge in [-0.3, -0.25) is 4.79 Å². The third kappa shape index (κ3) is 4.00. The standard InChI is InChI=1S/C15H19N3O5S2/c1-12(24(2,20)21)15(19)17-7-9-18(10-8-17)25(22,23)14-6-4-3-5-13(14)11-16/h3-6,12H,7-10H2,1-2H3. The van der Waals surface area contributed by atoms with E-state index in [1.807, 2.05) is 6.07 Å². The van der Waals surface area contributed by atoms with Crippen LogP contribution in [0.15, 0.2) is 29.2 Å². The summed E-state index contributed by atoms with van der Waals surface area (Å²) in [5.41, 5.74) is 0.0618. The molecule has 1 aromatic rings. The van der Waals surface area contributed by atoms with Gasteiger partial charge in [0.2, 0.25) is 15.9 Å². The molecule has 1 amide bonds. The molecular weight excluding hydrogens is 366 g/mol. The Bertz CT molecular complexity index is 911. The molecule has 8 nitrogen and oxygen atoms in total. The number of carbonyl (C=O) groups is 1. The lowest BCUT2D eigenvalue weighted by Gasteiger charge is -2.35. The van der Waals surface area contributed by atoms with E-state index in [-0.39, 0.29) is 36.6 Å². The fraction of sp³-hybridized carbons (Fsp3) is 0.467. The van der Waals surface area contributed by atoms with Crippen LogP contribution in [0.3, 0.4) is 0 Å². The molecule has 25 heavy (non-hydrogen) atoms. The lowest BCUT2D eigenvalue weighted by atomic mass is 10.2. The first-order chi connectivity index (χ1) is 11.6. The molecule has 0 aliphatic carbocycles. The first-order valence-corrected chi connectivity index (χ1v) is 11.0. The normalized spacial score (nSPS) is 17.7. The molecule has 0 N–H and O–H groups in total. The van der Waals surface area contributed by atoms with Crippen molar-refractivity contribution in [2.45, 2.75) is 17.1 Å². The van der Waals surface area contributed by atoms with Gasteiger partial charge in [-0.25, -0.2) is 16.8 Å². The molecule has 0 saturated carbocycles. The van der Waals surface area contributed by atoms with Gasteiger partial charge in [0.15, 0.2) is 9.84 Å². The second-order valence-electron chi connectivity index (χ2n) is 5.81. The van der Waals surface area contributed by atoms with Gasteiger partial charge >= 0.3 is 0 Å². The third-order valence-electron chi connectivity index (χ3n) is 4.17. The minimum absolute atomic E-state index is 0.0460. The van der Waals surface area contributed by atoms with Gasteiger partial charge in [-0.1, -0.05) is 12.1 Å². The van der Waals surface area contributed by atoms with E-state index in [0.29, 0.717) is 0 Å². The first-order valence-electron chi connectivity index (χ1n) is 7.56. The van der Waals surface area contributed by atoms with Crippen molar-refractivity contribution in [1.29, 1.82) is 5.26 Å². The quantitative estimate of drug-likeness (QED) is 0.710. The Morgan fingerprint density at radius 2 is 1.68 bits per heavy atom. The Morgan fingerprint density at radius 3 is 2.20 bits per heavy atom. The van der Waals surface area contributed by atoms with E-state index in [2.05, 4.69) is 0 Å². The smallest absolute Gasteiger partial charge is 0.244 e. The fourth-order valence-electron chi connectivity index (χ4n) is 2.51. The zero-order chi connectivity index (χ0) is 18.8. The van der Waals surface area contributed by atoms with Gasteiger partial charge in [0.05, 0.1) is 10.5 Å². The summed E-state index contributed by atoms with van der Waals surface area (Å²) in [7, 11) is -7.35. The molecule has 1 fully saturated rings. The largest absolute Gasteiger partial charge is 0.339 e. The van der Waals surface area contributed by atoms with E-state index in [0.717, 1.165) is 6.26 Å². The van der Waals surface area contributed by atoms with Crippen molar-refractivity contribution in [3.05, 3.63) is 29.8 Å². The van der Waals surface area contributed by atoms with Crippen LogP contribution in [0.1, 0.15) is 12.5 Å². The fourth-order valence-corrected chi connectivity index (χ4v) is 4.59. The minimum atomic E-state index is -3.85. The van der Waals surface area contributed by atoms with Gasteiger partial charge in [0, 0.05) is 32.4 Å². The SMILES string of the molecule is CC(C(=O)N1CCN(S(=O)(=O)c2ccccc2C#N)CC1)S(C)(=O)=O. The predicted molar refractivity (Wildman–Crippen MR) is 90.8 cm³/mol. The number of nitrogens with zero attached hydrogens (tertiary/aromatic N) is 3. The number of sulfonamides is 1. The van der Waals surface area contributed by atoms with Crippen LogP contribution >= 0.6 is 0 Å². The lowest BCUT2D eigenvalue weighted by molar-refractivity contribution is -0.131. The van der Waals surface area contributed by atoms with Crippen LogP contribution in [-0.4, -0.2) is 69.6 Å². The van der Waals surface area contributed by atoms with Gasteiger partial charge in [0.1, 0.15) is 11.3 Å². The van der Waals surface area contributed by atoms with Crippen LogP contribution in [0.5, 0.6) is 0 Å². The van der Waals surface area contributed by atoms with Crippen molar-refractivity contribution in [3.63, 3.8) is 0 Å². The van der Waals surface area contributed by atoms with Crippen molar-refractivity contribution in [2.24, 2.45) is 0 Å². The number of rotatable bonds is 4. The average molecular weight is 385 g/mol. The number of piperazine rings is 1. The highest BCUT2D eigenvalue weighted by Crippen LogP contribution is 2.21. The molecule has 1 saturated heterocycles. The monoisotopic (exact) mass is 385 g/mol. The summed E-state index contributed by atoms with van der Waals surface area (Å²) in [4.78, 5) is 13.5. The molecule has 0 aromatic heterocycles. The molecule has 1 unspecified atom stereocenters. The minimum Gasteiger partial charge on any atom is -0.339 e. The van der Waals surface area contributed by atoms with Crippen molar-refractivity contribution < 1.29 is 21.6 Å². The van der Waals surface area contributed by atoms with Crippen LogP contribution in [-0.2, 0) is 24.7 Å². The molecule has 1 aromatic carbocycles. The summed E-state index contributed by atoms with van der Waals surface area (Å²) >= 11 is 0. The molecule has 0 spiro atoms. The number of benzene rings is 1. The maximum absolute atomic E-state index is 12.7. The number of hydrogen-bond acceptors (Lipinski definition) is 6. The van der Waals surface area contributed by atoms with E-state index >= 15 is 0 Å². The summed E-state index contributed by atoms with van der Waals surface area (Å²) in [6.07, 6.45) is 0.995. The number of amides is 1. The highest BCUT2D eigenvalue weighted by molar-refractivity contribution is 7.92. The van der Waals surface area contributed by atoms with Gasteiger partial charge in [-0.15, -0.1) is 0 Å². The van der Waals surface area contributed by atoms with Crippen LogP contribution in [0.25, 0.3) is 0 Å². The Hall–Kier alpha value is -1.96. The van der Waals surface area contributed by atoms with E-state index in [9.17, 15) is 21.6 Å². The third-order valence-corrected chi connectivity index (χ3v) is 7.61. The van der Waals surface area contributed by atoms with Gasteiger partial charge < -0.3 is 4.90 Å². The summed E-state index contributed by atoms with van der Waals surface area (Å²) in [5.74, 6) is -0.531. The topological polar surface area (TPSA) is 116 Å². The zero-order valence-corrected chi connectivity index (χ0v) is 15.5. The van der Waals surface area contributed by atoms with Gasteiger partial charge in [-0.05, 0) is 19.1 Å². The second-order valence-corrected chi connectivity index (χ2v) is 10.1. The van der Waals surface area contributed by atoms with E-state index in [1.165, 1.54) is 28.3 Å². The summed E-state index contributed by atoms with van der Waals surface area (Å²) in [6, 6.07) is 7.79. The molecule has 0 bridgehead atoms. The number of nitriles is 1. The molecule has 2 rings (SSSR count). The van der Waals surface area contributed by atoms with Crippen molar-refractivity contribution in [2.75, 3.05) is 32.4 Å². The molecule has 0 radical (unpaired) electrons. The van der Waals surface area contributed by atoms with Crippen molar-refractivity contribution >= 4 is 25.8 Å². The number of hydrogen-bond donors (Lipinski definition) is 0. The van der Waals surface area contributed by atoms with Gasteiger partial charge in [0.25, 0.3) is 0 Å². The molecule has 136 valence electrons. The molecular formula is C15H19N3O5S2. The highest BCUT2D eigenvalue weighted by Gasteiger charge is 2.34. The summed E-state index contributed by atoms with van der Waals surface area (Å²) in [6.45, 7) is 1.62. The van der Waals surface area contributed by atoms with Crippen LogP contribution in [0.2, 0.25) is 0 Å². The number of carbonyl (C=O) groups excluding carboxylic acids is 1. The predicted octanol–water partition coefficient (Wildman–Crippen LogP) is -0.176. The first kappa shape index (κ1) is 19.4. The maximum atomic E-state index is 12.7. The molecule has 1 aliphatic rings. The molecule has 10 heteroatoms. The Balaban J connectivity index is 2.15. The number of sulfone groups is 1. The van der Waals surface area contributed by atoms with Crippen LogP contribution in [0.4, 0.5) is 0 Å². The maximum Gasteiger partial charge on any atom is 0.244 e. The Kier molecular flexibility index (Phi) is 5.51. The Morgan fingerprint density at radius 1 is 1.12 bits per heavy atom. The molecule has 1 heterocycles. The summed E-state index contributed by atoms with van der Waals surface area (Å²) < 4.78 is 49.7. The van der Waals surface area contributed by atoms with Crippen molar-refractivity contribution in [1.82, 2.24) is 9.21 Å². The summed E-state index contributed by atoms with van der Waals surface area (Å²) in [5, 5.41) is 7.93. The lowest BCUT2D eigenvalue weighted by Crippen LogP contribution is -2.53.